The molecule has 6 rings (SSSR count). The quantitative estimate of drug-likeness (QED) is 0.390. The molecule has 1 N–H and O–H groups in total. The third-order valence-corrected chi connectivity index (χ3v) is 6.88. The lowest BCUT2D eigenvalue weighted by atomic mass is 9.89. The van der Waals surface area contributed by atoms with Crippen LogP contribution in [0.5, 0.6) is 0 Å². The molecule has 4 aromatic rings. The molecule has 0 spiro atoms. The van der Waals surface area contributed by atoms with E-state index in [1.54, 1.807) is 12.1 Å². The molecule has 0 atom stereocenters. The lowest BCUT2D eigenvalue weighted by Crippen LogP contribution is -2.17. The van der Waals surface area contributed by atoms with Crippen molar-refractivity contribution in [3.05, 3.63) is 88.6 Å². The molecule has 1 fully saturated rings. The van der Waals surface area contributed by atoms with E-state index in [-0.39, 0.29) is 17.3 Å². The van der Waals surface area contributed by atoms with Crippen LogP contribution in [-0.2, 0) is 11.3 Å². The van der Waals surface area contributed by atoms with Crippen LogP contribution in [0.2, 0.25) is 0 Å². The maximum atomic E-state index is 14.7. The molecule has 3 heterocycles. The zero-order valence-corrected chi connectivity index (χ0v) is 18.8. The highest BCUT2D eigenvalue weighted by Crippen LogP contribution is 2.45. The minimum absolute atomic E-state index is 0.0938. The van der Waals surface area contributed by atoms with Gasteiger partial charge in [0, 0.05) is 47.7 Å². The summed E-state index contributed by atoms with van der Waals surface area (Å²) < 4.78 is 36.3. The molecule has 2 aliphatic rings. The highest BCUT2D eigenvalue weighted by Gasteiger charge is 2.29. The van der Waals surface area contributed by atoms with Gasteiger partial charge in [0.05, 0.1) is 17.6 Å². The van der Waals surface area contributed by atoms with E-state index in [0.29, 0.717) is 25.3 Å². The molecular formula is C28H22F2N2O3. The first-order valence-corrected chi connectivity index (χ1v) is 11.6. The summed E-state index contributed by atoms with van der Waals surface area (Å²) in [6, 6.07) is 14.4. The molecule has 1 aromatic heterocycles. The third-order valence-electron chi connectivity index (χ3n) is 6.88. The van der Waals surface area contributed by atoms with Crippen molar-refractivity contribution in [2.24, 2.45) is 4.99 Å². The molecule has 2 aliphatic heterocycles. The average Bonchev–Trinajstić information content (AvgIpc) is 3.45. The second-order valence-corrected chi connectivity index (χ2v) is 9.03. The van der Waals surface area contributed by atoms with Gasteiger partial charge in [0.15, 0.2) is 0 Å². The fourth-order valence-corrected chi connectivity index (χ4v) is 5.30. The van der Waals surface area contributed by atoms with Crippen LogP contribution in [0.1, 0.15) is 45.9 Å². The Balaban J connectivity index is 1.74. The number of aliphatic imine (C=N–C) groups is 1. The standard InChI is InChI=1S/C28H22F2N2O3/c29-21-1-3-23(4-2-21)32-25-13-20-15-31-14-19(20)12-24(25)26(27(32)16-5-7-35-8-6-16)17-9-18(28(33)34)11-22(30)10-17/h1-4,9-13,15-16H,5-8,14H2,(H,33,34). The molecule has 35 heavy (non-hydrogen) atoms. The van der Waals surface area contributed by atoms with Gasteiger partial charge in [-0.25, -0.2) is 13.6 Å². The van der Waals surface area contributed by atoms with Gasteiger partial charge in [-0.2, -0.15) is 0 Å². The summed E-state index contributed by atoms with van der Waals surface area (Å²) in [7, 11) is 0. The van der Waals surface area contributed by atoms with Crippen molar-refractivity contribution in [2.45, 2.75) is 25.3 Å². The Hall–Kier alpha value is -3.84. The summed E-state index contributed by atoms with van der Waals surface area (Å²) in [6.45, 7) is 1.76. The number of carbonyl (C=O) groups is 1. The first kappa shape index (κ1) is 21.7. The lowest BCUT2D eigenvalue weighted by molar-refractivity contribution is 0.0696. The van der Waals surface area contributed by atoms with Crippen LogP contribution in [-0.4, -0.2) is 35.1 Å². The lowest BCUT2D eigenvalue weighted by Gasteiger charge is -2.26. The van der Waals surface area contributed by atoms with Gasteiger partial charge >= 0.3 is 5.97 Å². The molecule has 0 amide bonds. The highest BCUT2D eigenvalue weighted by atomic mass is 19.1. The molecule has 0 aliphatic carbocycles. The minimum atomic E-state index is -1.19. The number of aromatic carboxylic acids is 1. The molecule has 176 valence electrons. The zero-order chi connectivity index (χ0) is 24.1. The summed E-state index contributed by atoms with van der Waals surface area (Å²) in [6.07, 6.45) is 3.38. The van der Waals surface area contributed by atoms with E-state index in [2.05, 4.69) is 21.7 Å². The van der Waals surface area contributed by atoms with E-state index in [0.717, 1.165) is 57.9 Å². The van der Waals surface area contributed by atoms with Crippen LogP contribution < -0.4 is 0 Å². The second-order valence-electron chi connectivity index (χ2n) is 9.03. The molecule has 0 bridgehead atoms. The Morgan fingerprint density at radius 1 is 1.00 bits per heavy atom. The number of halogens is 2. The summed E-state index contributed by atoms with van der Waals surface area (Å²) in [5.74, 6) is -2.03. The molecule has 1 saturated heterocycles. The summed E-state index contributed by atoms with van der Waals surface area (Å²) in [5.41, 5.74) is 5.90. The highest BCUT2D eigenvalue weighted by molar-refractivity contribution is 6.04. The van der Waals surface area contributed by atoms with E-state index in [1.165, 1.54) is 24.3 Å². The van der Waals surface area contributed by atoms with Crippen molar-refractivity contribution in [3.8, 4) is 16.8 Å². The van der Waals surface area contributed by atoms with Crippen molar-refractivity contribution in [2.75, 3.05) is 13.2 Å². The summed E-state index contributed by atoms with van der Waals surface area (Å²) >= 11 is 0. The molecular weight excluding hydrogens is 450 g/mol. The number of carboxylic acid groups (broad SMARTS) is 1. The van der Waals surface area contributed by atoms with Crippen molar-refractivity contribution < 1.29 is 23.4 Å². The van der Waals surface area contributed by atoms with Crippen LogP contribution >= 0.6 is 0 Å². The third kappa shape index (κ3) is 3.72. The molecule has 0 unspecified atom stereocenters. The van der Waals surface area contributed by atoms with Crippen LogP contribution in [0.3, 0.4) is 0 Å². The Kier molecular flexibility index (Phi) is 5.22. The Labute approximate surface area is 200 Å². The van der Waals surface area contributed by atoms with Crippen molar-refractivity contribution in [1.82, 2.24) is 4.57 Å². The number of hydrogen-bond donors (Lipinski definition) is 1. The van der Waals surface area contributed by atoms with Gasteiger partial charge < -0.3 is 14.4 Å². The van der Waals surface area contributed by atoms with Crippen LogP contribution in [0.15, 0.2) is 59.6 Å². The molecule has 0 saturated carbocycles. The smallest absolute Gasteiger partial charge is 0.335 e. The number of fused-ring (bicyclic) bond motifs is 2. The number of carboxylic acids is 1. The van der Waals surface area contributed by atoms with E-state index in [4.69, 9.17) is 4.74 Å². The number of ether oxygens (including phenoxy) is 1. The second kappa shape index (κ2) is 8.43. The summed E-state index contributed by atoms with van der Waals surface area (Å²) in [5, 5.41) is 10.5. The minimum Gasteiger partial charge on any atom is -0.478 e. The van der Waals surface area contributed by atoms with E-state index < -0.39 is 11.8 Å². The Bertz CT molecular complexity index is 1500. The fourth-order valence-electron chi connectivity index (χ4n) is 5.30. The number of nitrogens with zero attached hydrogens (tertiary/aromatic N) is 2. The topological polar surface area (TPSA) is 63.8 Å². The molecule has 5 nitrogen and oxygen atoms in total. The van der Waals surface area contributed by atoms with Gasteiger partial charge in [-0.15, -0.1) is 0 Å². The maximum absolute atomic E-state index is 14.7. The molecule has 3 aromatic carbocycles. The summed E-state index contributed by atoms with van der Waals surface area (Å²) in [4.78, 5) is 16.2. The van der Waals surface area contributed by atoms with Gasteiger partial charge in [0.1, 0.15) is 11.6 Å². The van der Waals surface area contributed by atoms with Gasteiger partial charge in [0.2, 0.25) is 0 Å². The van der Waals surface area contributed by atoms with Gasteiger partial charge in [-0.3, -0.25) is 4.99 Å². The maximum Gasteiger partial charge on any atom is 0.335 e. The number of rotatable bonds is 4. The van der Waals surface area contributed by atoms with Crippen LogP contribution in [0.25, 0.3) is 27.7 Å². The van der Waals surface area contributed by atoms with Crippen molar-refractivity contribution in [1.29, 1.82) is 0 Å². The molecule has 7 heteroatoms. The van der Waals surface area contributed by atoms with E-state index in [1.807, 2.05) is 6.21 Å². The Morgan fingerprint density at radius 3 is 2.51 bits per heavy atom. The van der Waals surface area contributed by atoms with Gasteiger partial charge in [-0.1, -0.05) is 0 Å². The predicted octanol–water partition coefficient (Wildman–Crippen LogP) is 6.10. The van der Waals surface area contributed by atoms with Gasteiger partial charge in [0.25, 0.3) is 0 Å². The molecule has 0 radical (unpaired) electrons. The van der Waals surface area contributed by atoms with Crippen molar-refractivity contribution >= 4 is 23.1 Å². The van der Waals surface area contributed by atoms with E-state index in [9.17, 15) is 18.7 Å². The van der Waals surface area contributed by atoms with Crippen molar-refractivity contribution in [3.63, 3.8) is 0 Å². The van der Waals surface area contributed by atoms with Crippen LogP contribution in [0, 0.1) is 11.6 Å². The number of aromatic nitrogens is 1. The van der Waals surface area contributed by atoms with Crippen LogP contribution in [0.4, 0.5) is 8.78 Å². The Morgan fingerprint density at radius 2 is 1.77 bits per heavy atom. The monoisotopic (exact) mass is 472 g/mol. The first-order valence-electron chi connectivity index (χ1n) is 11.6. The SMILES string of the molecule is O=C(O)c1cc(F)cc(-c2c(C3CCOCC3)n(-c3ccc(F)cc3)c3cc4c(cc23)CN=C4)c1. The predicted molar refractivity (Wildman–Crippen MR) is 130 cm³/mol. The number of hydrogen-bond acceptors (Lipinski definition) is 3. The fraction of sp³-hybridized carbons (Fsp3) is 0.214. The number of benzene rings is 3. The van der Waals surface area contributed by atoms with Gasteiger partial charge in [-0.05, 0) is 84.1 Å². The normalized spacial score (nSPS) is 15.6. The largest absolute Gasteiger partial charge is 0.478 e. The zero-order valence-electron chi connectivity index (χ0n) is 18.8. The van der Waals surface area contributed by atoms with E-state index >= 15 is 0 Å². The first-order chi connectivity index (χ1) is 17.0. The average molecular weight is 472 g/mol.